The highest BCUT2D eigenvalue weighted by atomic mass is 16.7. The molecule has 0 aromatic heterocycles. The van der Waals surface area contributed by atoms with E-state index in [1.54, 1.807) is 0 Å². The Kier molecular flexibility index (Phi) is 14.9. The lowest BCUT2D eigenvalue weighted by Gasteiger charge is -2.43. The van der Waals surface area contributed by atoms with Gasteiger partial charge in [0.25, 0.3) is 0 Å². The Labute approximate surface area is 148 Å². The van der Waals surface area contributed by atoms with Gasteiger partial charge in [0.05, 0.1) is 31.8 Å². The SMILES string of the molecule is CC.CCC.NCCCC1OCC2(CO1)COC(CCCN)OC2. The van der Waals surface area contributed by atoms with Crippen molar-refractivity contribution in [3.8, 4) is 0 Å². The molecule has 0 saturated carbocycles. The van der Waals surface area contributed by atoms with E-state index in [1.807, 2.05) is 13.8 Å². The van der Waals surface area contributed by atoms with Crippen LogP contribution >= 0.6 is 0 Å². The van der Waals surface area contributed by atoms with Crippen LogP contribution in [0.4, 0.5) is 0 Å². The number of hydrogen-bond acceptors (Lipinski definition) is 6. The molecular formula is C18H40N2O4. The summed E-state index contributed by atoms with van der Waals surface area (Å²) in [6, 6.07) is 0. The van der Waals surface area contributed by atoms with Gasteiger partial charge in [-0.1, -0.05) is 34.1 Å². The average molecular weight is 349 g/mol. The molecule has 1 spiro atoms. The summed E-state index contributed by atoms with van der Waals surface area (Å²) in [6.45, 7) is 12.1. The third-order valence-corrected chi connectivity index (χ3v) is 3.59. The first kappa shape index (κ1) is 23.8. The smallest absolute Gasteiger partial charge is 0.157 e. The van der Waals surface area contributed by atoms with Crippen molar-refractivity contribution >= 4 is 0 Å². The highest BCUT2D eigenvalue weighted by molar-refractivity contribution is 4.84. The van der Waals surface area contributed by atoms with E-state index in [-0.39, 0.29) is 18.0 Å². The summed E-state index contributed by atoms with van der Waals surface area (Å²) < 4.78 is 22.9. The lowest BCUT2D eigenvalue weighted by molar-refractivity contribution is -0.304. The van der Waals surface area contributed by atoms with E-state index in [2.05, 4.69) is 13.8 Å². The second-order valence-electron chi connectivity index (χ2n) is 6.17. The second-order valence-corrected chi connectivity index (χ2v) is 6.17. The number of ether oxygens (including phenoxy) is 4. The Bertz CT molecular complexity index is 234. The second kappa shape index (κ2) is 15.0. The van der Waals surface area contributed by atoms with Gasteiger partial charge in [-0.15, -0.1) is 0 Å². The molecule has 2 heterocycles. The lowest BCUT2D eigenvalue weighted by atomic mass is 9.90. The fourth-order valence-electron chi connectivity index (χ4n) is 2.33. The van der Waals surface area contributed by atoms with Gasteiger partial charge in [0, 0.05) is 0 Å². The molecule has 0 aromatic rings. The minimum Gasteiger partial charge on any atom is -0.352 e. The normalized spacial score (nSPS) is 29.2. The third kappa shape index (κ3) is 9.30. The van der Waals surface area contributed by atoms with Gasteiger partial charge in [-0.05, 0) is 38.8 Å². The minimum absolute atomic E-state index is 0.121. The van der Waals surface area contributed by atoms with Crippen molar-refractivity contribution in [1.29, 1.82) is 0 Å². The Hall–Kier alpha value is -0.240. The molecule has 2 aliphatic heterocycles. The first-order chi connectivity index (χ1) is 11.7. The fourth-order valence-corrected chi connectivity index (χ4v) is 2.33. The lowest BCUT2D eigenvalue weighted by Crippen LogP contribution is -2.52. The number of nitrogens with two attached hydrogens (primary N) is 2. The maximum Gasteiger partial charge on any atom is 0.157 e. The molecule has 0 aliphatic carbocycles. The summed E-state index contributed by atoms with van der Waals surface area (Å²) in [6.07, 6.45) is 4.56. The molecule has 2 saturated heterocycles. The predicted octanol–water partition coefficient (Wildman–Crippen LogP) is 2.64. The Morgan fingerprint density at radius 3 is 1.29 bits per heavy atom. The van der Waals surface area contributed by atoms with Crippen molar-refractivity contribution in [3.63, 3.8) is 0 Å². The molecule has 0 bridgehead atoms. The van der Waals surface area contributed by atoms with E-state index in [0.29, 0.717) is 39.5 Å². The third-order valence-electron chi connectivity index (χ3n) is 3.59. The van der Waals surface area contributed by atoms with Crippen molar-refractivity contribution in [3.05, 3.63) is 0 Å². The summed E-state index contributed by atoms with van der Waals surface area (Å²) in [4.78, 5) is 0. The van der Waals surface area contributed by atoms with Crippen molar-refractivity contribution < 1.29 is 18.9 Å². The van der Waals surface area contributed by atoms with Crippen LogP contribution in [0.25, 0.3) is 0 Å². The zero-order valence-corrected chi connectivity index (χ0v) is 16.2. The summed E-state index contributed by atoms with van der Waals surface area (Å²) in [5.74, 6) is 0. The highest BCUT2D eigenvalue weighted by Crippen LogP contribution is 2.31. The van der Waals surface area contributed by atoms with Crippen LogP contribution in [-0.2, 0) is 18.9 Å². The molecule has 2 aliphatic rings. The van der Waals surface area contributed by atoms with Crippen LogP contribution in [0.2, 0.25) is 0 Å². The Balaban J connectivity index is 0.000000952. The van der Waals surface area contributed by atoms with Crippen LogP contribution in [0, 0.1) is 5.41 Å². The Morgan fingerprint density at radius 2 is 1.04 bits per heavy atom. The average Bonchev–Trinajstić information content (AvgIpc) is 2.63. The van der Waals surface area contributed by atoms with Crippen molar-refractivity contribution in [2.24, 2.45) is 16.9 Å². The van der Waals surface area contributed by atoms with Gasteiger partial charge in [-0.3, -0.25) is 0 Å². The molecule has 24 heavy (non-hydrogen) atoms. The molecule has 2 rings (SSSR count). The van der Waals surface area contributed by atoms with Crippen molar-refractivity contribution in [1.82, 2.24) is 0 Å². The molecular weight excluding hydrogens is 308 g/mol. The van der Waals surface area contributed by atoms with Crippen molar-refractivity contribution in [2.45, 2.75) is 72.4 Å². The van der Waals surface area contributed by atoms with Crippen LogP contribution in [0.1, 0.15) is 59.8 Å². The molecule has 0 aromatic carbocycles. The Morgan fingerprint density at radius 1 is 0.750 bits per heavy atom. The van der Waals surface area contributed by atoms with E-state index in [0.717, 1.165) is 25.7 Å². The maximum atomic E-state index is 5.73. The van der Waals surface area contributed by atoms with Crippen LogP contribution in [0.3, 0.4) is 0 Å². The van der Waals surface area contributed by atoms with E-state index in [1.165, 1.54) is 6.42 Å². The van der Waals surface area contributed by atoms with Gasteiger partial charge < -0.3 is 30.4 Å². The molecule has 146 valence electrons. The summed E-state index contributed by atoms with van der Waals surface area (Å²) in [5.41, 5.74) is 10.8. The van der Waals surface area contributed by atoms with Crippen LogP contribution < -0.4 is 11.5 Å². The molecule has 6 nitrogen and oxygen atoms in total. The summed E-state index contributed by atoms with van der Waals surface area (Å²) >= 11 is 0. The monoisotopic (exact) mass is 348 g/mol. The standard InChI is InChI=1S/C13H26N2O4.C3H8.C2H6/c14-5-1-3-11-16-7-13(8-17-11)9-18-12(19-10-13)4-2-6-15;1-3-2;1-2/h11-12H,1-10,14-15H2;3H2,1-2H3;1-2H3. The van der Waals surface area contributed by atoms with Gasteiger partial charge in [0.2, 0.25) is 0 Å². The molecule has 0 atom stereocenters. The predicted molar refractivity (Wildman–Crippen MR) is 97.7 cm³/mol. The van der Waals surface area contributed by atoms with Gasteiger partial charge >= 0.3 is 0 Å². The van der Waals surface area contributed by atoms with E-state index in [9.17, 15) is 0 Å². The fraction of sp³-hybridized carbons (Fsp3) is 1.00. The number of rotatable bonds is 6. The molecule has 4 N–H and O–H groups in total. The van der Waals surface area contributed by atoms with E-state index in [4.69, 9.17) is 30.4 Å². The maximum absolute atomic E-state index is 5.73. The summed E-state index contributed by atoms with van der Waals surface area (Å²) in [7, 11) is 0. The molecule has 0 unspecified atom stereocenters. The van der Waals surface area contributed by atoms with Crippen LogP contribution in [0.15, 0.2) is 0 Å². The summed E-state index contributed by atoms with van der Waals surface area (Å²) in [5, 5.41) is 0. The molecule has 2 fully saturated rings. The van der Waals surface area contributed by atoms with Gasteiger partial charge in [0.15, 0.2) is 12.6 Å². The van der Waals surface area contributed by atoms with E-state index >= 15 is 0 Å². The topological polar surface area (TPSA) is 89.0 Å². The minimum atomic E-state index is -0.140. The molecule has 0 amide bonds. The first-order valence-electron chi connectivity index (χ1n) is 9.56. The zero-order chi connectivity index (χ0) is 18.3. The quantitative estimate of drug-likeness (QED) is 0.767. The zero-order valence-electron chi connectivity index (χ0n) is 16.2. The van der Waals surface area contributed by atoms with Gasteiger partial charge in [-0.25, -0.2) is 0 Å². The highest BCUT2D eigenvalue weighted by Gasteiger charge is 2.41. The molecule has 0 radical (unpaired) electrons. The van der Waals surface area contributed by atoms with Crippen LogP contribution in [-0.4, -0.2) is 52.1 Å². The number of hydrogen-bond donors (Lipinski definition) is 2. The largest absolute Gasteiger partial charge is 0.352 e. The molecule has 6 heteroatoms. The van der Waals surface area contributed by atoms with Crippen molar-refractivity contribution in [2.75, 3.05) is 39.5 Å². The first-order valence-corrected chi connectivity index (χ1v) is 9.56. The van der Waals surface area contributed by atoms with Gasteiger partial charge in [-0.2, -0.15) is 0 Å². The van der Waals surface area contributed by atoms with E-state index < -0.39 is 0 Å². The van der Waals surface area contributed by atoms with Crippen LogP contribution in [0.5, 0.6) is 0 Å². The van der Waals surface area contributed by atoms with Gasteiger partial charge in [0.1, 0.15) is 0 Å².